The second-order valence-corrected chi connectivity index (χ2v) is 5.53. The second kappa shape index (κ2) is 6.04. The third kappa shape index (κ3) is 3.88. The molecule has 1 fully saturated rings. The summed E-state index contributed by atoms with van der Waals surface area (Å²) in [6, 6.07) is 3.35. The van der Waals surface area contributed by atoms with E-state index >= 15 is 0 Å². The molecule has 20 heavy (non-hydrogen) atoms. The summed E-state index contributed by atoms with van der Waals surface area (Å²) in [5, 5.41) is 2.35. The van der Waals surface area contributed by atoms with Crippen LogP contribution in [0.3, 0.4) is 0 Å². The number of carbonyl (C=O) groups is 1. The first-order valence-corrected chi connectivity index (χ1v) is 6.90. The number of hydrogen-bond donors (Lipinski definition) is 1. The SMILES string of the molecule is O=C(CC1CCCC1)Nc1ccc(Cl)cc1C(F)(F)F. The Morgan fingerprint density at radius 1 is 1.30 bits per heavy atom. The minimum absolute atomic E-state index is 0.00823. The monoisotopic (exact) mass is 305 g/mol. The molecule has 0 atom stereocenters. The van der Waals surface area contributed by atoms with Crippen LogP contribution in [0, 0.1) is 5.92 Å². The topological polar surface area (TPSA) is 29.1 Å². The summed E-state index contributed by atoms with van der Waals surface area (Å²) in [4.78, 5) is 11.8. The zero-order valence-electron chi connectivity index (χ0n) is 10.8. The lowest BCUT2D eigenvalue weighted by Crippen LogP contribution is -2.18. The molecule has 1 aliphatic carbocycles. The number of alkyl halides is 3. The molecule has 1 amide bonds. The Morgan fingerprint density at radius 3 is 2.55 bits per heavy atom. The van der Waals surface area contributed by atoms with Gasteiger partial charge in [0.25, 0.3) is 0 Å². The predicted octanol–water partition coefficient (Wildman–Crippen LogP) is 4.88. The van der Waals surface area contributed by atoms with Crippen molar-refractivity contribution in [2.24, 2.45) is 5.92 Å². The van der Waals surface area contributed by atoms with Crippen LogP contribution < -0.4 is 5.32 Å². The van der Waals surface area contributed by atoms with E-state index in [1.54, 1.807) is 0 Å². The highest BCUT2D eigenvalue weighted by Crippen LogP contribution is 2.37. The molecule has 2 rings (SSSR count). The number of amides is 1. The molecule has 0 saturated heterocycles. The summed E-state index contributed by atoms with van der Waals surface area (Å²) in [5.41, 5.74) is -1.14. The number of carbonyl (C=O) groups excluding carboxylic acids is 1. The van der Waals surface area contributed by atoms with E-state index in [0.29, 0.717) is 0 Å². The highest BCUT2D eigenvalue weighted by Gasteiger charge is 2.34. The van der Waals surface area contributed by atoms with Crippen molar-refractivity contribution in [1.29, 1.82) is 0 Å². The van der Waals surface area contributed by atoms with Gasteiger partial charge >= 0.3 is 6.18 Å². The summed E-state index contributed by atoms with van der Waals surface area (Å²) in [6.45, 7) is 0. The smallest absolute Gasteiger partial charge is 0.325 e. The molecule has 1 aromatic rings. The first-order valence-electron chi connectivity index (χ1n) is 6.53. The molecule has 2 nitrogen and oxygen atoms in total. The third-order valence-corrected chi connectivity index (χ3v) is 3.75. The van der Waals surface area contributed by atoms with Crippen molar-refractivity contribution < 1.29 is 18.0 Å². The normalized spacial score (nSPS) is 16.4. The van der Waals surface area contributed by atoms with E-state index in [1.807, 2.05) is 0 Å². The van der Waals surface area contributed by atoms with Crippen LogP contribution >= 0.6 is 11.6 Å². The maximum absolute atomic E-state index is 12.9. The van der Waals surface area contributed by atoms with Gasteiger partial charge in [-0.05, 0) is 37.0 Å². The van der Waals surface area contributed by atoms with E-state index in [2.05, 4.69) is 5.32 Å². The fraction of sp³-hybridized carbons (Fsp3) is 0.500. The van der Waals surface area contributed by atoms with Gasteiger partial charge in [0, 0.05) is 11.4 Å². The van der Waals surface area contributed by atoms with Crippen LogP contribution in [0.4, 0.5) is 18.9 Å². The molecule has 1 N–H and O–H groups in total. The second-order valence-electron chi connectivity index (χ2n) is 5.09. The lowest BCUT2D eigenvalue weighted by Gasteiger charge is -2.15. The molecule has 1 aromatic carbocycles. The Bertz CT molecular complexity index is 496. The Hall–Kier alpha value is -1.23. The summed E-state index contributed by atoms with van der Waals surface area (Å²) in [6.07, 6.45) is -0.138. The fourth-order valence-electron chi connectivity index (χ4n) is 2.54. The Labute approximate surface area is 120 Å². The highest BCUT2D eigenvalue weighted by molar-refractivity contribution is 6.30. The molecule has 0 spiro atoms. The van der Waals surface area contributed by atoms with Crippen LogP contribution in [0.15, 0.2) is 18.2 Å². The molecule has 0 radical (unpaired) electrons. The Kier molecular flexibility index (Phi) is 4.58. The number of benzene rings is 1. The van der Waals surface area contributed by atoms with Crippen LogP contribution in [0.1, 0.15) is 37.7 Å². The lowest BCUT2D eigenvalue weighted by atomic mass is 10.0. The highest BCUT2D eigenvalue weighted by atomic mass is 35.5. The van der Waals surface area contributed by atoms with Crippen molar-refractivity contribution in [3.8, 4) is 0 Å². The number of anilines is 1. The quantitative estimate of drug-likeness (QED) is 0.847. The van der Waals surface area contributed by atoms with Gasteiger partial charge in [-0.25, -0.2) is 0 Å². The molecule has 0 heterocycles. The Morgan fingerprint density at radius 2 is 1.95 bits per heavy atom. The molecule has 0 bridgehead atoms. The van der Waals surface area contributed by atoms with E-state index in [0.717, 1.165) is 31.7 Å². The van der Waals surface area contributed by atoms with Crippen LogP contribution in [0.2, 0.25) is 5.02 Å². The van der Waals surface area contributed by atoms with Gasteiger partial charge in [0.2, 0.25) is 5.91 Å². The van der Waals surface area contributed by atoms with Crippen molar-refractivity contribution in [3.63, 3.8) is 0 Å². The van der Waals surface area contributed by atoms with Gasteiger partial charge in [-0.2, -0.15) is 13.2 Å². The van der Waals surface area contributed by atoms with E-state index < -0.39 is 11.7 Å². The molecule has 0 aromatic heterocycles. The van der Waals surface area contributed by atoms with Gasteiger partial charge in [0.05, 0.1) is 11.3 Å². The molecule has 1 aliphatic rings. The largest absolute Gasteiger partial charge is 0.418 e. The van der Waals surface area contributed by atoms with E-state index in [4.69, 9.17) is 11.6 Å². The molecule has 6 heteroatoms. The Balaban J connectivity index is 2.10. The van der Waals surface area contributed by atoms with E-state index in [1.165, 1.54) is 12.1 Å². The van der Waals surface area contributed by atoms with Crippen LogP contribution in [-0.2, 0) is 11.0 Å². The van der Waals surface area contributed by atoms with Crippen LogP contribution in [0.25, 0.3) is 0 Å². The maximum atomic E-state index is 12.9. The molecular weight excluding hydrogens is 291 g/mol. The van der Waals surface area contributed by atoms with Crippen molar-refractivity contribution >= 4 is 23.2 Å². The number of rotatable bonds is 3. The number of hydrogen-bond acceptors (Lipinski definition) is 1. The number of nitrogens with one attached hydrogen (secondary N) is 1. The van der Waals surface area contributed by atoms with Crippen molar-refractivity contribution in [2.45, 2.75) is 38.3 Å². The first-order chi connectivity index (χ1) is 9.36. The van der Waals surface area contributed by atoms with Crippen molar-refractivity contribution in [1.82, 2.24) is 0 Å². The van der Waals surface area contributed by atoms with E-state index in [9.17, 15) is 18.0 Å². The summed E-state index contributed by atoms with van der Waals surface area (Å²) in [7, 11) is 0. The van der Waals surface area contributed by atoms with Crippen LogP contribution in [0.5, 0.6) is 0 Å². The van der Waals surface area contributed by atoms with Gasteiger partial charge in [-0.1, -0.05) is 24.4 Å². The van der Waals surface area contributed by atoms with Crippen molar-refractivity contribution in [3.05, 3.63) is 28.8 Å². The summed E-state index contributed by atoms with van der Waals surface area (Å²) >= 11 is 5.58. The van der Waals surface area contributed by atoms with Gasteiger partial charge in [-0.3, -0.25) is 4.79 Å². The zero-order chi connectivity index (χ0) is 14.8. The maximum Gasteiger partial charge on any atom is 0.418 e. The predicted molar refractivity (Wildman–Crippen MR) is 71.7 cm³/mol. The number of halogens is 4. The van der Waals surface area contributed by atoms with E-state index in [-0.39, 0.29) is 29.0 Å². The lowest BCUT2D eigenvalue weighted by molar-refractivity contribution is -0.137. The summed E-state index contributed by atoms with van der Waals surface area (Å²) in [5.74, 6) is -0.0821. The van der Waals surface area contributed by atoms with Gasteiger partial charge in [-0.15, -0.1) is 0 Å². The van der Waals surface area contributed by atoms with Gasteiger partial charge in [0.15, 0.2) is 0 Å². The average Bonchev–Trinajstić information content (AvgIpc) is 2.82. The van der Waals surface area contributed by atoms with Gasteiger partial charge in [0.1, 0.15) is 0 Å². The molecular formula is C14H15ClF3NO. The summed E-state index contributed by atoms with van der Waals surface area (Å²) < 4.78 is 38.6. The third-order valence-electron chi connectivity index (χ3n) is 3.51. The zero-order valence-corrected chi connectivity index (χ0v) is 11.5. The molecule has 0 aliphatic heterocycles. The standard InChI is InChI=1S/C14H15ClF3NO/c15-10-5-6-12(11(8-10)14(16,17)18)19-13(20)7-9-3-1-2-4-9/h5-6,8-9H,1-4,7H2,(H,19,20). The van der Waals surface area contributed by atoms with Gasteiger partial charge < -0.3 is 5.32 Å². The van der Waals surface area contributed by atoms with Crippen LogP contribution in [-0.4, -0.2) is 5.91 Å². The first kappa shape index (κ1) is 15.2. The molecule has 0 unspecified atom stereocenters. The van der Waals surface area contributed by atoms with Crippen molar-refractivity contribution in [2.75, 3.05) is 5.32 Å². The fourth-order valence-corrected chi connectivity index (χ4v) is 2.71. The molecule has 1 saturated carbocycles. The average molecular weight is 306 g/mol. The minimum Gasteiger partial charge on any atom is -0.325 e. The molecule has 110 valence electrons. The minimum atomic E-state index is -4.54.